The molecule has 0 radical (unpaired) electrons. The molecule has 1 aliphatic heterocycles. The molecule has 1 unspecified atom stereocenters. The van der Waals surface area contributed by atoms with Crippen molar-refractivity contribution >= 4 is 28.6 Å². The second kappa shape index (κ2) is 9.39. The van der Waals surface area contributed by atoms with Crippen LogP contribution in [0.5, 0.6) is 11.5 Å². The number of hydrogen-bond acceptors (Lipinski definition) is 7. The molecule has 188 valence electrons. The monoisotopic (exact) mass is 488 g/mol. The van der Waals surface area contributed by atoms with E-state index >= 15 is 0 Å². The molecule has 9 heteroatoms. The van der Waals surface area contributed by atoms with Crippen LogP contribution in [-0.2, 0) is 28.4 Å². The second-order valence-electron chi connectivity index (χ2n) is 10.4. The molecule has 4 aromatic rings. The number of pyridine rings is 1. The summed E-state index contributed by atoms with van der Waals surface area (Å²) in [5.74, 6) is 2.83. The number of aryl methyl sites for hydroxylation is 1. The van der Waals surface area contributed by atoms with Gasteiger partial charge in [0.25, 0.3) is 0 Å². The van der Waals surface area contributed by atoms with Gasteiger partial charge in [-0.2, -0.15) is 5.10 Å². The predicted octanol–water partition coefficient (Wildman–Crippen LogP) is 5.09. The molecule has 0 aliphatic carbocycles. The lowest BCUT2D eigenvalue weighted by atomic mass is 9.91. The van der Waals surface area contributed by atoms with Crippen LogP contribution in [-0.4, -0.2) is 43.3 Å². The third-order valence-corrected chi connectivity index (χ3v) is 6.30. The minimum atomic E-state index is -0.0502. The van der Waals surface area contributed by atoms with Crippen molar-refractivity contribution in [2.24, 2.45) is 7.05 Å². The first kappa shape index (κ1) is 24.0. The molecule has 4 heterocycles. The molecule has 36 heavy (non-hydrogen) atoms. The van der Waals surface area contributed by atoms with Gasteiger partial charge in [-0.3, -0.25) is 14.5 Å². The van der Waals surface area contributed by atoms with Crippen LogP contribution in [0.1, 0.15) is 51.5 Å². The summed E-state index contributed by atoms with van der Waals surface area (Å²) in [6.07, 6.45) is 2.90. The van der Waals surface area contributed by atoms with Gasteiger partial charge < -0.3 is 19.4 Å². The first-order valence-corrected chi connectivity index (χ1v) is 12.2. The highest BCUT2D eigenvalue weighted by molar-refractivity contribution is 5.81. The Morgan fingerprint density at radius 2 is 2.00 bits per heavy atom. The van der Waals surface area contributed by atoms with Gasteiger partial charge in [0.05, 0.1) is 29.4 Å². The number of benzene rings is 1. The van der Waals surface area contributed by atoms with Crippen molar-refractivity contribution in [1.82, 2.24) is 24.3 Å². The van der Waals surface area contributed by atoms with Gasteiger partial charge in [0.15, 0.2) is 5.82 Å². The maximum absolute atomic E-state index is 11.4. The van der Waals surface area contributed by atoms with E-state index in [0.29, 0.717) is 29.7 Å². The van der Waals surface area contributed by atoms with Gasteiger partial charge in [-0.15, -0.1) is 0 Å². The van der Waals surface area contributed by atoms with Crippen LogP contribution < -0.4 is 10.1 Å². The van der Waals surface area contributed by atoms with E-state index in [1.54, 1.807) is 25.3 Å². The zero-order chi connectivity index (χ0) is 25.4. The number of anilines is 2. The topological polar surface area (TPSA) is 96.1 Å². The molecule has 1 aliphatic rings. The molecule has 1 fully saturated rings. The number of nitrogens with one attached hydrogen (secondary N) is 1. The first-order valence-electron chi connectivity index (χ1n) is 12.2. The first-order chi connectivity index (χ1) is 17.2. The maximum Gasteiger partial charge on any atom is 0.209 e. The molecule has 9 nitrogen and oxygen atoms in total. The largest absolute Gasteiger partial charge is 0.457 e. The number of imidazole rings is 1. The van der Waals surface area contributed by atoms with Gasteiger partial charge in [0.1, 0.15) is 17.3 Å². The van der Waals surface area contributed by atoms with E-state index in [-0.39, 0.29) is 23.7 Å². The zero-order valence-corrected chi connectivity index (χ0v) is 21.4. The van der Waals surface area contributed by atoms with Crippen LogP contribution in [0.25, 0.3) is 11.0 Å². The van der Waals surface area contributed by atoms with E-state index in [2.05, 4.69) is 41.8 Å². The molecule has 0 bridgehead atoms. The van der Waals surface area contributed by atoms with Gasteiger partial charge in [-0.05, 0) is 31.5 Å². The smallest absolute Gasteiger partial charge is 0.209 e. The Labute approximate surface area is 210 Å². The Bertz CT molecular complexity index is 1410. The van der Waals surface area contributed by atoms with E-state index < -0.39 is 0 Å². The van der Waals surface area contributed by atoms with Gasteiger partial charge in [-0.25, -0.2) is 4.98 Å². The zero-order valence-electron chi connectivity index (χ0n) is 21.4. The fourth-order valence-electron chi connectivity index (χ4n) is 4.48. The Morgan fingerprint density at radius 3 is 2.72 bits per heavy atom. The predicted molar refractivity (Wildman–Crippen MR) is 138 cm³/mol. The molecule has 0 amide bonds. The summed E-state index contributed by atoms with van der Waals surface area (Å²) in [5.41, 5.74) is 3.57. The number of Topliss-reactive ketones (excluding diaryl/α,β-unsaturated/α-hetero) is 1. The summed E-state index contributed by atoms with van der Waals surface area (Å²) in [4.78, 5) is 20.4. The Morgan fingerprint density at radius 1 is 1.19 bits per heavy atom. The average Bonchev–Trinajstić information content (AvgIpc) is 3.54. The normalized spacial score (nSPS) is 16.0. The molecule has 3 aromatic heterocycles. The third kappa shape index (κ3) is 4.97. The van der Waals surface area contributed by atoms with E-state index in [9.17, 15) is 4.79 Å². The highest BCUT2D eigenvalue weighted by Gasteiger charge is 2.28. The Kier molecular flexibility index (Phi) is 6.26. The lowest BCUT2D eigenvalue weighted by Crippen LogP contribution is -2.22. The average molecular weight is 489 g/mol. The minimum absolute atomic E-state index is 0.0502. The number of rotatable bonds is 7. The molecule has 0 spiro atoms. The van der Waals surface area contributed by atoms with Crippen molar-refractivity contribution < 1.29 is 14.3 Å². The fraction of sp³-hybridized carbons (Fsp3) is 0.407. The maximum atomic E-state index is 11.4. The van der Waals surface area contributed by atoms with Crippen LogP contribution in [0.3, 0.4) is 0 Å². The number of carbonyl (C=O) groups excluding carboxylic acids is 1. The number of hydrogen-bond donors (Lipinski definition) is 1. The van der Waals surface area contributed by atoms with Crippen LogP contribution in [0.2, 0.25) is 0 Å². The van der Waals surface area contributed by atoms with Crippen LogP contribution in [0.4, 0.5) is 11.8 Å². The van der Waals surface area contributed by atoms with Gasteiger partial charge >= 0.3 is 0 Å². The van der Waals surface area contributed by atoms with Crippen LogP contribution in [0, 0.1) is 0 Å². The van der Waals surface area contributed by atoms with Crippen LogP contribution in [0.15, 0.2) is 42.6 Å². The van der Waals surface area contributed by atoms with E-state index in [4.69, 9.17) is 19.6 Å². The second-order valence-corrected chi connectivity index (χ2v) is 10.4. The number of nitrogens with zero attached hydrogens (tertiary/aromatic N) is 5. The summed E-state index contributed by atoms with van der Waals surface area (Å²) in [6, 6.07) is 11.7. The standard InChI is InChI=1S/C27H32N6O3/c1-17(34)12-18-13-21(8-10-28-18)36-20-6-7-22-23(14-20)32(5)26(29-22)30-25-15-24(27(2,3)4)33(31-25)19-9-11-35-16-19/h6-8,10,13-15,19H,9,11-12,16H2,1-5H3,(H,29,30,31). The summed E-state index contributed by atoms with van der Waals surface area (Å²) in [5, 5.41) is 8.30. The van der Waals surface area contributed by atoms with E-state index in [1.165, 1.54) is 0 Å². The highest BCUT2D eigenvalue weighted by atomic mass is 16.5. The van der Waals surface area contributed by atoms with Crippen molar-refractivity contribution in [3.63, 3.8) is 0 Å². The summed E-state index contributed by atoms with van der Waals surface area (Å²) < 4.78 is 15.8. The fourth-order valence-corrected chi connectivity index (χ4v) is 4.48. The van der Waals surface area contributed by atoms with E-state index in [1.807, 2.05) is 29.8 Å². The summed E-state index contributed by atoms with van der Waals surface area (Å²) >= 11 is 0. The van der Waals surface area contributed by atoms with Gasteiger partial charge in [0.2, 0.25) is 5.95 Å². The Balaban J connectivity index is 1.40. The Hall–Kier alpha value is -3.72. The SMILES string of the molecule is CC(=O)Cc1cc(Oc2ccc3nc(Nc4cc(C(C)(C)C)n(C5CCOC5)n4)n(C)c3c2)ccn1. The molecule has 1 atom stereocenters. The van der Waals surface area contributed by atoms with Crippen molar-refractivity contribution in [3.8, 4) is 11.5 Å². The van der Waals surface area contributed by atoms with E-state index in [0.717, 1.165) is 35.6 Å². The molecular weight excluding hydrogens is 456 g/mol. The summed E-state index contributed by atoms with van der Waals surface area (Å²) in [7, 11) is 1.96. The van der Waals surface area contributed by atoms with Crippen molar-refractivity contribution in [1.29, 1.82) is 0 Å². The third-order valence-electron chi connectivity index (χ3n) is 6.30. The number of fused-ring (bicyclic) bond motifs is 1. The molecule has 1 saturated heterocycles. The molecule has 5 rings (SSSR count). The van der Waals surface area contributed by atoms with Crippen molar-refractivity contribution in [2.45, 2.75) is 52.0 Å². The van der Waals surface area contributed by atoms with Crippen molar-refractivity contribution in [2.75, 3.05) is 18.5 Å². The van der Waals surface area contributed by atoms with Gasteiger partial charge in [-0.1, -0.05) is 20.8 Å². The molecule has 1 aromatic carbocycles. The number of aromatic nitrogens is 5. The molecule has 1 N–H and O–H groups in total. The van der Waals surface area contributed by atoms with Crippen LogP contribution >= 0.6 is 0 Å². The molecular formula is C27H32N6O3. The number of ether oxygens (including phenoxy) is 2. The molecule has 0 saturated carbocycles. The van der Waals surface area contributed by atoms with Crippen molar-refractivity contribution in [3.05, 3.63) is 54.0 Å². The lowest BCUT2D eigenvalue weighted by molar-refractivity contribution is -0.116. The summed E-state index contributed by atoms with van der Waals surface area (Å²) in [6.45, 7) is 9.60. The highest BCUT2D eigenvalue weighted by Crippen LogP contribution is 2.32. The number of ketones is 1. The number of carbonyl (C=O) groups is 1. The quantitative estimate of drug-likeness (QED) is 0.387. The minimum Gasteiger partial charge on any atom is -0.457 e. The van der Waals surface area contributed by atoms with Gasteiger partial charge in [0, 0.05) is 55.6 Å². The lowest BCUT2D eigenvalue weighted by Gasteiger charge is -2.22.